The molecule has 602 valence electrons. The van der Waals surface area contributed by atoms with Crippen LogP contribution in [-0.2, 0) is 52.6 Å². The highest BCUT2D eigenvalue weighted by Gasteiger charge is 2.56. The van der Waals surface area contributed by atoms with Gasteiger partial charge in [0.1, 0.15) is 95.6 Å². The largest absolute Gasteiger partial charge is 0.476 e. The van der Waals surface area contributed by atoms with Crippen molar-refractivity contribution in [2.24, 2.45) is 5.92 Å². The van der Waals surface area contributed by atoms with Crippen molar-refractivity contribution in [1.29, 1.82) is 0 Å². The summed E-state index contributed by atoms with van der Waals surface area (Å²) in [7, 11) is 0. The summed E-state index contributed by atoms with van der Waals surface area (Å²) in [5, 5.41) is 128. The number of ether oxygens (including phenoxy) is 6. The molecule has 0 radical (unpaired) electrons. The van der Waals surface area contributed by atoms with E-state index < -0.39 is 195 Å². The number of alkyl halides is 6. The molecule has 0 bridgehead atoms. The van der Waals surface area contributed by atoms with Crippen molar-refractivity contribution in [2.45, 2.75) is 217 Å². The van der Waals surface area contributed by atoms with Crippen LogP contribution in [-0.4, -0.2) is 220 Å². The molecule has 36 heteroatoms. The first kappa shape index (κ1) is 94.4. The molecule has 3 fully saturated rings. The van der Waals surface area contributed by atoms with Crippen LogP contribution in [0, 0.1) is 65.6 Å². The van der Waals surface area contributed by atoms with Crippen molar-refractivity contribution in [2.75, 3.05) is 35.8 Å². The maximum atomic E-state index is 13.8. The normalized spacial score (nSPS) is 23.5. The number of Topliss-reactive ketones (excluding diaryl/α,β-unsaturated/α-hetero) is 3. The number of carboxylic acids is 1. The minimum Gasteiger partial charge on any atom is -0.476 e. The molecule has 6 rings (SSSR count). The smallest absolute Gasteiger partial charge is 0.377 e. The van der Waals surface area contributed by atoms with Crippen LogP contribution >= 0.6 is 0 Å². The standard InChI is InChI=1S/C23H31F2NO10.C21H28F2N2O8.C19H25F2NO8.C11H4/c1-11(28)4-3-5-18(31)26-13-6-7-17(14(8-13)21(24)25)35-23(22(33)34)9-15(29)12(2)20(36-23)19(32)16(30)10-27;1-10(27)4-3-5-16(29)25-12-6-7-14(13(8-12)20(22)23)32-21-17(24-11(2)28)19(31)18(30)15(9-26)33-21;1-9(24)3-2-4-14(25)22-10-5-6-12(11(7-10)18(20)21)29-19-17(28)16(27)15(26)13(8-23)30-19;1-3-5-7-9-11-10-8-6-4-2/h6-8,12,15-16,19-21,27,29-30,32H,3-5,9-10H2,1-2H3,(H,26,31)(H,33,34);6-8,15,17-21,26,30-31H,3-5,9H2,1-2H3,(H,24,28)(H,25,29);5-7,13,15-19,23,26-28H,2-4,8H2,1H3,(H,22,25);1H,2H3/t12-,15?,16-,19-,20?,23-;15?,17?,18-,19-,21-;13?,15-,16-,17?,19+;/m110./s1. The average Bonchev–Trinajstić information content (AvgIpc) is 0.793. The van der Waals surface area contributed by atoms with Crippen molar-refractivity contribution >= 4 is 64.0 Å². The number of hydrogen-bond donors (Lipinski definition) is 16. The summed E-state index contributed by atoms with van der Waals surface area (Å²) in [4.78, 5) is 92.4. The molecule has 3 aliphatic heterocycles. The van der Waals surface area contributed by atoms with Crippen LogP contribution in [0.25, 0.3) is 0 Å². The van der Waals surface area contributed by atoms with Crippen molar-refractivity contribution in [1.82, 2.24) is 5.32 Å². The minimum atomic E-state index is -3.16. The van der Waals surface area contributed by atoms with E-state index in [0.29, 0.717) is 12.8 Å². The van der Waals surface area contributed by atoms with E-state index >= 15 is 0 Å². The summed E-state index contributed by atoms with van der Waals surface area (Å²) < 4.78 is 114. The number of aliphatic hydroxyl groups excluding tert-OH is 11. The molecular formula is C74H88F6N4O26. The van der Waals surface area contributed by atoms with Gasteiger partial charge >= 0.3 is 11.8 Å². The van der Waals surface area contributed by atoms with Gasteiger partial charge in [-0.3, -0.25) is 19.2 Å². The van der Waals surface area contributed by atoms with Crippen LogP contribution in [0.15, 0.2) is 54.6 Å². The topological polar surface area (TPSA) is 483 Å². The molecule has 16 atom stereocenters. The van der Waals surface area contributed by atoms with Crippen molar-refractivity contribution < 1.29 is 154 Å². The number of ketones is 3. The van der Waals surface area contributed by atoms with Crippen LogP contribution in [0.4, 0.5) is 43.4 Å². The Morgan fingerprint density at radius 1 is 0.555 bits per heavy atom. The highest BCUT2D eigenvalue weighted by Crippen LogP contribution is 2.42. The van der Waals surface area contributed by atoms with Gasteiger partial charge in [0.15, 0.2) is 0 Å². The molecule has 3 aliphatic rings. The number of nitrogens with one attached hydrogen (secondary N) is 4. The number of carbonyl (C=O) groups excluding carboxylic acids is 7. The Balaban J connectivity index is 0.000000400. The van der Waals surface area contributed by atoms with Gasteiger partial charge in [-0.2, -0.15) is 0 Å². The summed E-state index contributed by atoms with van der Waals surface area (Å²) in [6, 6.07) is 8.68. The first-order valence-electron chi connectivity index (χ1n) is 33.7. The lowest BCUT2D eigenvalue weighted by Gasteiger charge is -2.45. The van der Waals surface area contributed by atoms with Gasteiger partial charge in [0, 0.05) is 68.4 Å². The number of benzene rings is 3. The molecule has 0 spiro atoms. The Kier molecular flexibility index (Phi) is 40.6. The summed E-state index contributed by atoms with van der Waals surface area (Å²) in [5.41, 5.74) is -1.83. The zero-order valence-electron chi connectivity index (χ0n) is 60.2. The predicted molar refractivity (Wildman–Crippen MR) is 374 cm³/mol. The Labute approximate surface area is 628 Å². The Hall–Kier alpha value is -9.76. The molecule has 0 saturated carbocycles. The lowest BCUT2D eigenvalue weighted by molar-refractivity contribution is -0.292. The fourth-order valence-corrected chi connectivity index (χ4v) is 10.3. The van der Waals surface area contributed by atoms with E-state index in [-0.39, 0.29) is 90.9 Å². The number of aliphatic carboxylic acids is 1. The molecule has 6 unspecified atom stereocenters. The summed E-state index contributed by atoms with van der Waals surface area (Å²) >= 11 is 0. The molecule has 30 nitrogen and oxygen atoms in total. The summed E-state index contributed by atoms with van der Waals surface area (Å²) in [6.45, 7) is 6.18. The molecule has 3 heterocycles. The van der Waals surface area contributed by atoms with Crippen molar-refractivity contribution in [3.05, 3.63) is 71.3 Å². The Morgan fingerprint density at radius 2 is 0.945 bits per heavy atom. The molecule has 4 amide bonds. The summed E-state index contributed by atoms with van der Waals surface area (Å²) in [6.07, 6.45) is -23.8. The second kappa shape index (κ2) is 47.3. The lowest BCUT2D eigenvalue weighted by Crippen LogP contribution is -2.65. The number of aliphatic hydroxyl groups is 11. The van der Waals surface area contributed by atoms with Crippen molar-refractivity contribution in [3.63, 3.8) is 0 Å². The monoisotopic (exact) mass is 1560 g/mol. The number of carbonyl (C=O) groups is 8. The average molecular weight is 1560 g/mol. The van der Waals surface area contributed by atoms with Gasteiger partial charge in [-0.25, -0.2) is 31.1 Å². The van der Waals surface area contributed by atoms with Gasteiger partial charge in [0.25, 0.3) is 19.3 Å². The third-order valence-corrected chi connectivity index (χ3v) is 16.0. The highest BCUT2D eigenvalue weighted by atomic mass is 19.3. The quantitative estimate of drug-likeness (QED) is 0.0325. The van der Waals surface area contributed by atoms with Crippen LogP contribution < -0.4 is 35.5 Å². The molecular weight excluding hydrogens is 1470 g/mol. The lowest BCUT2D eigenvalue weighted by atomic mass is 9.84. The van der Waals surface area contributed by atoms with Gasteiger partial charge in [0.05, 0.1) is 55.1 Å². The zero-order chi connectivity index (χ0) is 82.7. The SMILES string of the molecule is C#CC#CC#CC#CC#CC.CC(=O)CCCC(=O)Nc1ccc(O[C@@H]2OC(CO)[C@@H](O)[C@H](O)C2NC(C)=O)c(C(F)F)c1.CC(=O)CCCC(=O)Nc1ccc(O[C@@H]2OC(CO)[C@H](O)[C@H](O)C2O)c(C(F)F)c1.CC(=O)CCCC(=O)Nc1ccc(O[C@]2(C(=O)O)CC(O)[C@@H](C)C([C@H](O)[C@H](O)CO)O2)c(C(F)F)c1. The first-order valence-corrected chi connectivity index (χ1v) is 33.7. The number of amides is 4. The third kappa shape index (κ3) is 30.6. The summed E-state index contributed by atoms with van der Waals surface area (Å²) in [5.74, 6) is 13.0. The maximum absolute atomic E-state index is 13.8. The number of anilines is 3. The van der Waals surface area contributed by atoms with Crippen molar-refractivity contribution in [3.8, 4) is 77.0 Å². The molecule has 3 aromatic rings. The van der Waals surface area contributed by atoms with Crippen LogP contribution in [0.1, 0.15) is 142 Å². The molecule has 3 saturated heterocycles. The minimum absolute atomic E-state index is 0.0166. The second-order valence-electron chi connectivity index (χ2n) is 24.7. The van der Waals surface area contributed by atoms with E-state index in [9.17, 15) is 121 Å². The Morgan fingerprint density at radius 3 is 1.33 bits per heavy atom. The van der Waals surface area contributed by atoms with Gasteiger partial charge in [-0.05, 0) is 149 Å². The number of halogens is 6. The second-order valence-corrected chi connectivity index (χ2v) is 24.7. The van der Waals surface area contributed by atoms with E-state index in [2.05, 4.69) is 74.6 Å². The molecule has 0 aromatic heterocycles. The first-order chi connectivity index (χ1) is 51.9. The van der Waals surface area contributed by atoms with Crippen LogP contribution in [0.3, 0.4) is 0 Å². The third-order valence-electron chi connectivity index (χ3n) is 16.0. The number of carboxylic acid groups (broad SMARTS) is 1. The van der Waals surface area contributed by atoms with Gasteiger partial charge in [-0.1, -0.05) is 12.8 Å². The molecule has 3 aromatic carbocycles. The number of terminal acetylenes is 1. The fraction of sp³-hybridized carbons (Fsp3) is 0.514. The Bertz CT molecular complexity index is 3910. The van der Waals surface area contributed by atoms with E-state index in [0.717, 1.165) is 43.3 Å². The number of hydrogen-bond acceptors (Lipinski definition) is 25. The van der Waals surface area contributed by atoms with Gasteiger partial charge < -0.3 is 125 Å². The van der Waals surface area contributed by atoms with Crippen LogP contribution in [0.5, 0.6) is 17.2 Å². The molecule has 0 aliphatic carbocycles. The molecule has 110 heavy (non-hydrogen) atoms. The van der Waals surface area contributed by atoms with Gasteiger partial charge in [0.2, 0.25) is 36.2 Å². The van der Waals surface area contributed by atoms with E-state index in [4.69, 9.17) is 40.0 Å². The predicted octanol–water partition coefficient (Wildman–Crippen LogP) is 2.78. The highest BCUT2D eigenvalue weighted by molar-refractivity contribution is 5.93. The molecule has 16 N–H and O–H groups in total. The zero-order valence-corrected chi connectivity index (χ0v) is 60.2. The van der Waals surface area contributed by atoms with E-state index in [1.807, 2.05) is 0 Å². The maximum Gasteiger partial charge on any atom is 0.377 e. The number of rotatable bonds is 31. The van der Waals surface area contributed by atoms with Crippen LogP contribution in [0.2, 0.25) is 0 Å². The van der Waals surface area contributed by atoms with Gasteiger partial charge in [-0.15, -0.1) is 6.42 Å². The van der Waals surface area contributed by atoms with E-state index in [1.165, 1.54) is 45.9 Å². The van der Waals surface area contributed by atoms with E-state index in [1.54, 1.807) is 6.92 Å². The fourth-order valence-electron chi connectivity index (χ4n) is 10.3.